The van der Waals surface area contributed by atoms with Crippen molar-refractivity contribution in [2.45, 2.75) is 56.1 Å². The highest BCUT2D eigenvalue weighted by atomic mass is 32.2. The van der Waals surface area contributed by atoms with Crippen molar-refractivity contribution >= 4 is 21.7 Å². The maximum absolute atomic E-state index is 12.9. The summed E-state index contributed by atoms with van der Waals surface area (Å²) in [5.74, 6) is -0.0674. The number of aryl methyl sites for hydroxylation is 2. The number of aromatic nitrogens is 2. The van der Waals surface area contributed by atoms with Gasteiger partial charge in [-0.1, -0.05) is 6.07 Å². The van der Waals surface area contributed by atoms with E-state index in [2.05, 4.69) is 21.2 Å². The fourth-order valence-corrected chi connectivity index (χ4v) is 5.57. The van der Waals surface area contributed by atoms with E-state index in [-0.39, 0.29) is 23.9 Å². The molecule has 160 valence electrons. The van der Waals surface area contributed by atoms with Crippen LogP contribution in [0.2, 0.25) is 0 Å². The highest BCUT2D eigenvalue weighted by molar-refractivity contribution is 7.90. The lowest BCUT2D eigenvalue weighted by molar-refractivity contribution is 0.0165. The minimum Gasteiger partial charge on any atom is -0.474 e. The van der Waals surface area contributed by atoms with Crippen LogP contribution in [0.25, 0.3) is 0 Å². The van der Waals surface area contributed by atoms with Crippen LogP contribution in [0.4, 0.5) is 10.5 Å². The summed E-state index contributed by atoms with van der Waals surface area (Å²) in [6.07, 6.45) is 5.93. The van der Waals surface area contributed by atoms with Gasteiger partial charge in [-0.25, -0.2) is 22.6 Å². The van der Waals surface area contributed by atoms with Crippen molar-refractivity contribution in [1.82, 2.24) is 14.5 Å². The molecule has 1 atom stereocenters. The number of nitrogens with zero attached hydrogens (tertiary/aromatic N) is 2. The Morgan fingerprint density at radius 1 is 1.27 bits per heavy atom. The van der Waals surface area contributed by atoms with Crippen LogP contribution < -0.4 is 14.8 Å². The fourth-order valence-electron chi connectivity index (χ4n) is 4.59. The number of carbonyl (C=O) groups is 1. The Morgan fingerprint density at radius 2 is 2.00 bits per heavy atom. The number of rotatable bonds is 4. The van der Waals surface area contributed by atoms with Crippen molar-refractivity contribution in [3.63, 3.8) is 0 Å². The highest BCUT2D eigenvalue weighted by Crippen LogP contribution is 2.38. The van der Waals surface area contributed by atoms with Gasteiger partial charge in [-0.3, -0.25) is 0 Å². The van der Waals surface area contributed by atoms with Crippen molar-refractivity contribution in [3.05, 3.63) is 34.5 Å². The van der Waals surface area contributed by atoms with Gasteiger partial charge in [-0.05, 0) is 60.8 Å². The number of ether oxygens (including phenoxy) is 2. The molecule has 0 fully saturated rings. The van der Waals surface area contributed by atoms with Crippen LogP contribution in [0, 0.1) is 0 Å². The molecule has 10 heteroatoms. The van der Waals surface area contributed by atoms with Crippen molar-refractivity contribution in [1.29, 1.82) is 0 Å². The summed E-state index contributed by atoms with van der Waals surface area (Å²) in [6, 6.07) is 1.38. The van der Waals surface area contributed by atoms with Crippen LogP contribution in [-0.4, -0.2) is 44.0 Å². The van der Waals surface area contributed by atoms with Crippen LogP contribution in [0.5, 0.6) is 5.88 Å². The second-order valence-corrected chi connectivity index (χ2v) is 9.49. The van der Waals surface area contributed by atoms with Crippen LogP contribution in [0.15, 0.2) is 17.2 Å². The molecular weight excluding hydrogens is 408 g/mol. The minimum absolute atomic E-state index is 0.0116. The maximum atomic E-state index is 12.9. The van der Waals surface area contributed by atoms with Gasteiger partial charge in [0.15, 0.2) is 4.90 Å². The van der Waals surface area contributed by atoms with E-state index in [1.165, 1.54) is 15.8 Å². The number of urea groups is 1. The summed E-state index contributed by atoms with van der Waals surface area (Å²) < 4.78 is 61.0. The lowest BCUT2D eigenvalue weighted by Gasteiger charge is -2.23. The number of hydrogen-bond acceptors (Lipinski definition) is 6. The molecule has 30 heavy (non-hydrogen) atoms. The average Bonchev–Trinajstić information content (AvgIpc) is 3.44. The smallest absolute Gasteiger partial charge is 0.333 e. The van der Waals surface area contributed by atoms with E-state index in [1.807, 2.05) is 0 Å². The normalized spacial score (nSPS) is 21.5. The van der Waals surface area contributed by atoms with E-state index < -0.39 is 29.2 Å². The van der Waals surface area contributed by atoms with Crippen LogP contribution in [-0.2, 0) is 47.0 Å². The van der Waals surface area contributed by atoms with E-state index >= 15 is 0 Å². The molecule has 0 saturated heterocycles. The molecule has 9 nitrogen and oxygen atoms in total. The molecule has 1 unspecified atom stereocenters. The SMILES string of the molecule is [2H]C([2H])([2H])OC1COc2c(S(=O)(=O)NC(=O)Nc3c4c(cc5c3CCC5)CCC4)cnn2C1. The first kappa shape index (κ1) is 16.1. The zero-order chi connectivity index (χ0) is 23.4. The summed E-state index contributed by atoms with van der Waals surface area (Å²) in [6.45, 7) is -0.140. The van der Waals surface area contributed by atoms with Gasteiger partial charge < -0.3 is 14.8 Å². The summed E-state index contributed by atoms with van der Waals surface area (Å²) in [7, 11) is -6.89. The van der Waals surface area contributed by atoms with Gasteiger partial charge in [0.05, 0.1) is 16.9 Å². The van der Waals surface area contributed by atoms with Gasteiger partial charge in [0.1, 0.15) is 12.7 Å². The van der Waals surface area contributed by atoms with Gasteiger partial charge in [0.2, 0.25) is 5.88 Å². The summed E-state index contributed by atoms with van der Waals surface area (Å²) in [4.78, 5) is 12.5. The Labute approximate surface area is 179 Å². The summed E-state index contributed by atoms with van der Waals surface area (Å²) in [5, 5.41) is 6.76. The molecule has 2 N–H and O–H groups in total. The molecule has 2 amide bonds. The number of amides is 2. The molecule has 1 aromatic heterocycles. The first-order valence-corrected chi connectivity index (χ1v) is 11.5. The molecule has 5 rings (SSSR count). The van der Waals surface area contributed by atoms with Gasteiger partial charge in [0, 0.05) is 12.7 Å². The van der Waals surface area contributed by atoms with Crippen molar-refractivity contribution in [3.8, 4) is 5.88 Å². The van der Waals surface area contributed by atoms with Crippen molar-refractivity contribution in [2.24, 2.45) is 0 Å². The van der Waals surface area contributed by atoms with E-state index in [1.54, 1.807) is 0 Å². The summed E-state index contributed by atoms with van der Waals surface area (Å²) >= 11 is 0. The molecule has 2 aromatic rings. The fraction of sp³-hybridized carbons (Fsp3) is 0.500. The maximum Gasteiger partial charge on any atom is 0.333 e. The lowest BCUT2D eigenvalue weighted by atomic mass is 9.99. The van der Waals surface area contributed by atoms with Gasteiger partial charge in [-0.2, -0.15) is 5.10 Å². The monoisotopic (exact) mass is 435 g/mol. The molecular formula is C20H24N4O5S. The van der Waals surface area contributed by atoms with Crippen molar-refractivity contribution < 1.29 is 26.8 Å². The van der Waals surface area contributed by atoms with E-state index in [9.17, 15) is 13.2 Å². The van der Waals surface area contributed by atoms with Gasteiger partial charge in [-0.15, -0.1) is 0 Å². The first-order chi connectivity index (χ1) is 15.6. The Hall–Kier alpha value is -2.59. The molecule has 3 aliphatic rings. The number of nitrogens with one attached hydrogen (secondary N) is 2. The predicted octanol–water partition coefficient (Wildman–Crippen LogP) is 1.78. The molecule has 2 aliphatic carbocycles. The Bertz CT molecular complexity index is 1190. The number of methoxy groups -OCH3 is 1. The van der Waals surface area contributed by atoms with E-state index in [0.717, 1.165) is 61.5 Å². The Kier molecular flexibility index (Phi) is 3.92. The molecule has 0 bridgehead atoms. The van der Waals surface area contributed by atoms with Gasteiger partial charge >= 0.3 is 6.03 Å². The quantitative estimate of drug-likeness (QED) is 0.757. The highest BCUT2D eigenvalue weighted by Gasteiger charge is 2.32. The average molecular weight is 436 g/mol. The Balaban J connectivity index is 1.33. The standard InChI is InChI=1S/C20H24N4O5S/c1-28-14-10-24-19(29-11-14)17(9-21-24)30(26,27)23-20(25)22-18-15-6-2-4-12(15)8-13-5-3-7-16(13)18/h8-9,14H,2-7,10-11H2,1H3,(H2,22,23,25)/i1D3. The molecule has 0 radical (unpaired) electrons. The Morgan fingerprint density at radius 3 is 2.70 bits per heavy atom. The molecule has 0 spiro atoms. The number of fused-ring (bicyclic) bond motifs is 3. The second kappa shape index (κ2) is 7.28. The topological polar surface area (TPSA) is 112 Å². The van der Waals surface area contributed by atoms with Crippen LogP contribution >= 0.6 is 0 Å². The minimum atomic E-state index is -4.28. The molecule has 1 aliphatic heterocycles. The number of benzene rings is 1. The zero-order valence-electron chi connectivity index (χ0n) is 19.2. The first-order valence-electron chi connectivity index (χ1n) is 11.5. The lowest BCUT2D eigenvalue weighted by Crippen LogP contribution is -2.36. The third kappa shape index (κ3) is 3.24. The second-order valence-electron chi connectivity index (χ2n) is 7.84. The predicted molar refractivity (Wildman–Crippen MR) is 108 cm³/mol. The molecule has 2 heterocycles. The third-order valence-electron chi connectivity index (χ3n) is 5.94. The van der Waals surface area contributed by atoms with Gasteiger partial charge in [0.25, 0.3) is 10.0 Å². The zero-order valence-corrected chi connectivity index (χ0v) is 17.0. The largest absolute Gasteiger partial charge is 0.474 e. The summed E-state index contributed by atoms with van der Waals surface area (Å²) in [5.41, 5.74) is 5.37. The van der Waals surface area contributed by atoms with E-state index in [0.29, 0.717) is 0 Å². The molecule has 0 saturated carbocycles. The van der Waals surface area contributed by atoms with Crippen molar-refractivity contribution in [2.75, 3.05) is 19.0 Å². The number of anilines is 1. The van der Waals surface area contributed by atoms with Crippen LogP contribution in [0.3, 0.4) is 0 Å². The number of hydrogen-bond donors (Lipinski definition) is 2. The molecule has 1 aromatic carbocycles. The third-order valence-corrected chi connectivity index (χ3v) is 7.25. The van der Waals surface area contributed by atoms with E-state index in [4.69, 9.17) is 13.6 Å². The number of sulfonamides is 1. The number of carbonyl (C=O) groups excluding carboxylic acids is 1. The van der Waals surface area contributed by atoms with Crippen LogP contribution in [0.1, 0.15) is 39.2 Å².